The van der Waals surface area contributed by atoms with Crippen LogP contribution in [0.1, 0.15) is 16.8 Å². The zero-order valence-corrected chi connectivity index (χ0v) is 18.3. The highest BCUT2D eigenvalue weighted by atomic mass is 32.2. The van der Waals surface area contributed by atoms with E-state index < -0.39 is 22.5 Å². The number of carbonyl (C=O) groups is 1. The highest BCUT2D eigenvalue weighted by Crippen LogP contribution is 2.26. The molecule has 0 unspecified atom stereocenters. The van der Waals surface area contributed by atoms with Crippen LogP contribution in [0.2, 0.25) is 0 Å². The molecule has 4 aromatic rings. The quantitative estimate of drug-likeness (QED) is 0.337. The van der Waals surface area contributed by atoms with Crippen molar-refractivity contribution in [1.82, 2.24) is 9.71 Å². The number of hydrogen-bond donors (Lipinski definition) is 1. The van der Waals surface area contributed by atoms with E-state index in [4.69, 9.17) is 4.74 Å². The molecule has 0 aliphatic carbocycles. The predicted octanol–water partition coefficient (Wildman–Crippen LogP) is 4.33. The molecule has 4 rings (SSSR count). The van der Waals surface area contributed by atoms with Gasteiger partial charge in [-0.25, -0.2) is 18.1 Å². The van der Waals surface area contributed by atoms with Crippen LogP contribution in [0.15, 0.2) is 78.2 Å². The molecule has 0 aliphatic rings. The van der Waals surface area contributed by atoms with Gasteiger partial charge in [-0.05, 0) is 30.0 Å². The molecule has 162 valence electrons. The van der Waals surface area contributed by atoms with Crippen molar-refractivity contribution in [1.29, 1.82) is 0 Å². The third-order valence-corrected chi connectivity index (χ3v) is 6.03. The topological polar surface area (TPSA) is 85.4 Å². The largest absolute Gasteiger partial charge is 0.458 e. The minimum absolute atomic E-state index is 0.0505. The number of carbonyl (C=O) groups excluding carboxylic acids is 1. The van der Waals surface area contributed by atoms with Gasteiger partial charge in [-0.2, -0.15) is 0 Å². The molecule has 6 nitrogen and oxygen atoms in total. The number of aryl methyl sites for hydroxylation is 1. The van der Waals surface area contributed by atoms with Gasteiger partial charge in [0.15, 0.2) is 0 Å². The number of nitrogens with zero attached hydrogens (tertiary/aromatic N) is 1. The summed E-state index contributed by atoms with van der Waals surface area (Å²) in [6, 6.07) is 22.9. The van der Waals surface area contributed by atoms with Crippen LogP contribution in [0.3, 0.4) is 0 Å². The van der Waals surface area contributed by atoms with Crippen LogP contribution in [-0.4, -0.2) is 25.9 Å². The molecule has 0 bridgehead atoms. The van der Waals surface area contributed by atoms with Crippen LogP contribution in [0.4, 0.5) is 0 Å². The molecule has 0 spiro atoms. The van der Waals surface area contributed by atoms with E-state index in [2.05, 4.69) is 9.71 Å². The van der Waals surface area contributed by atoms with Gasteiger partial charge in [-0.15, -0.1) is 0 Å². The molecule has 0 aliphatic heterocycles. The fourth-order valence-electron chi connectivity index (χ4n) is 3.34. The number of rotatable bonds is 7. The van der Waals surface area contributed by atoms with Crippen molar-refractivity contribution in [3.63, 3.8) is 0 Å². The Morgan fingerprint density at radius 2 is 1.59 bits per heavy atom. The molecule has 32 heavy (non-hydrogen) atoms. The number of benzene rings is 3. The number of ether oxygens (including phenoxy) is 1. The third-order valence-electron chi connectivity index (χ3n) is 4.99. The Hall–Kier alpha value is -3.55. The maximum atomic E-state index is 12.2. The maximum absolute atomic E-state index is 12.2. The number of hydrogen-bond acceptors (Lipinski definition) is 5. The van der Waals surface area contributed by atoms with Crippen molar-refractivity contribution in [2.24, 2.45) is 0 Å². The number of pyridine rings is 1. The van der Waals surface area contributed by atoms with Crippen molar-refractivity contribution in [2.75, 3.05) is 6.54 Å². The average Bonchev–Trinajstić information content (AvgIpc) is 2.81. The van der Waals surface area contributed by atoms with Crippen LogP contribution < -0.4 is 4.72 Å². The van der Waals surface area contributed by atoms with E-state index in [1.165, 1.54) is 6.08 Å². The van der Waals surface area contributed by atoms with Gasteiger partial charge >= 0.3 is 5.97 Å². The Morgan fingerprint density at radius 1 is 0.938 bits per heavy atom. The lowest BCUT2D eigenvalue weighted by molar-refractivity contribution is -0.143. The Bertz CT molecular complexity index is 1410. The zero-order valence-electron chi connectivity index (χ0n) is 17.5. The lowest BCUT2D eigenvalue weighted by atomic mass is 10.0. The predicted molar refractivity (Wildman–Crippen MR) is 126 cm³/mol. The summed E-state index contributed by atoms with van der Waals surface area (Å²) < 4.78 is 31.8. The lowest BCUT2D eigenvalue weighted by Gasteiger charge is -2.10. The number of aromatic nitrogens is 1. The first-order chi connectivity index (χ1) is 15.4. The fourth-order valence-corrected chi connectivity index (χ4v) is 4.09. The van der Waals surface area contributed by atoms with Crippen LogP contribution >= 0.6 is 0 Å². The van der Waals surface area contributed by atoms with E-state index in [0.29, 0.717) is 5.69 Å². The van der Waals surface area contributed by atoms with Gasteiger partial charge in [-0.1, -0.05) is 72.3 Å². The van der Waals surface area contributed by atoms with Crippen molar-refractivity contribution < 1.29 is 17.9 Å². The second-order valence-corrected chi connectivity index (χ2v) is 9.01. The van der Waals surface area contributed by atoms with Gasteiger partial charge in [0.25, 0.3) is 0 Å². The van der Waals surface area contributed by atoms with Gasteiger partial charge in [0.1, 0.15) is 13.2 Å². The number of esters is 1. The van der Waals surface area contributed by atoms with Crippen molar-refractivity contribution in [2.45, 2.75) is 13.5 Å². The van der Waals surface area contributed by atoms with E-state index >= 15 is 0 Å². The van der Waals surface area contributed by atoms with Gasteiger partial charge < -0.3 is 4.74 Å². The van der Waals surface area contributed by atoms with Crippen molar-refractivity contribution in [3.05, 3.63) is 95.0 Å². The first-order valence-electron chi connectivity index (χ1n) is 10.1. The van der Waals surface area contributed by atoms with Crippen molar-refractivity contribution in [3.8, 4) is 0 Å². The first kappa shape index (κ1) is 21.7. The standard InChI is InChI=1S/C25H22N2O4S/c1-18-10-12-19(13-11-18)14-15-32(29,30)26-16-25(28)31-17-24-22-8-3-2-6-20(22)21-7-4-5-9-23(21)27-24/h2-15,26H,16-17H2,1H3/b15-14+. The van der Waals surface area contributed by atoms with Gasteiger partial charge in [0, 0.05) is 16.2 Å². The van der Waals surface area contributed by atoms with Crippen LogP contribution in [0.5, 0.6) is 0 Å². The van der Waals surface area contributed by atoms with E-state index in [1.807, 2.05) is 79.7 Å². The summed E-state index contributed by atoms with van der Waals surface area (Å²) in [4.78, 5) is 16.8. The third kappa shape index (κ3) is 5.19. The maximum Gasteiger partial charge on any atom is 0.321 e. The minimum atomic E-state index is -3.78. The number of nitrogens with one attached hydrogen (secondary N) is 1. The summed E-state index contributed by atoms with van der Waals surface area (Å²) in [5, 5.41) is 3.96. The van der Waals surface area contributed by atoms with Crippen molar-refractivity contribution >= 4 is 43.7 Å². The summed E-state index contributed by atoms with van der Waals surface area (Å²) in [5.41, 5.74) is 3.26. The summed E-state index contributed by atoms with van der Waals surface area (Å²) in [5.74, 6) is -0.684. The first-order valence-corrected chi connectivity index (χ1v) is 11.6. The van der Waals surface area contributed by atoms with Crippen LogP contribution in [0, 0.1) is 6.92 Å². The average molecular weight is 447 g/mol. The summed E-state index contributed by atoms with van der Waals surface area (Å²) in [6.07, 6.45) is 1.47. The zero-order chi connectivity index (χ0) is 22.6. The molecule has 0 saturated heterocycles. The molecule has 0 fully saturated rings. The summed E-state index contributed by atoms with van der Waals surface area (Å²) in [6.45, 7) is 1.44. The molecular weight excluding hydrogens is 424 g/mol. The Balaban J connectivity index is 1.40. The van der Waals surface area contributed by atoms with Crippen LogP contribution in [0.25, 0.3) is 27.8 Å². The second-order valence-electron chi connectivity index (χ2n) is 7.36. The van der Waals surface area contributed by atoms with Crippen LogP contribution in [-0.2, 0) is 26.2 Å². The second kappa shape index (κ2) is 9.30. The molecule has 1 heterocycles. The molecule has 0 radical (unpaired) electrons. The summed E-state index contributed by atoms with van der Waals surface area (Å²) in [7, 11) is -3.78. The lowest BCUT2D eigenvalue weighted by Crippen LogP contribution is -2.29. The fraction of sp³-hybridized carbons (Fsp3) is 0.120. The summed E-state index contributed by atoms with van der Waals surface area (Å²) >= 11 is 0. The Kier molecular flexibility index (Phi) is 6.30. The molecule has 0 saturated carbocycles. The Labute approximate surface area is 186 Å². The van der Waals surface area contributed by atoms with E-state index in [0.717, 1.165) is 38.2 Å². The van der Waals surface area contributed by atoms with Gasteiger partial charge in [-0.3, -0.25) is 4.79 Å². The van der Waals surface area contributed by atoms with Gasteiger partial charge in [0.2, 0.25) is 10.0 Å². The number of para-hydroxylation sites is 1. The minimum Gasteiger partial charge on any atom is -0.458 e. The van der Waals surface area contributed by atoms with E-state index in [1.54, 1.807) is 0 Å². The molecular formula is C25H22N2O4S. The Morgan fingerprint density at radius 3 is 2.34 bits per heavy atom. The SMILES string of the molecule is Cc1ccc(/C=C/S(=O)(=O)NCC(=O)OCc2nc3ccccc3c3ccccc23)cc1. The van der Waals surface area contributed by atoms with E-state index in [9.17, 15) is 13.2 Å². The number of fused-ring (bicyclic) bond motifs is 3. The smallest absolute Gasteiger partial charge is 0.321 e. The highest BCUT2D eigenvalue weighted by molar-refractivity contribution is 7.92. The highest BCUT2D eigenvalue weighted by Gasteiger charge is 2.13. The molecule has 0 atom stereocenters. The monoisotopic (exact) mass is 446 g/mol. The molecule has 0 amide bonds. The molecule has 1 aromatic heterocycles. The molecule has 7 heteroatoms. The van der Waals surface area contributed by atoms with E-state index in [-0.39, 0.29) is 6.61 Å². The number of sulfonamides is 1. The molecule has 1 N–H and O–H groups in total. The van der Waals surface area contributed by atoms with Gasteiger partial charge in [0.05, 0.1) is 11.2 Å². The normalized spacial score (nSPS) is 11.9. The molecule has 3 aromatic carbocycles.